The van der Waals surface area contributed by atoms with Crippen LogP contribution >= 0.6 is 11.6 Å². The molecule has 150 valence electrons. The maximum absolute atomic E-state index is 13.1. The summed E-state index contributed by atoms with van der Waals surface area (Å²) in [6.45, 7) is 2.50. The quantitative estimate of drug-likeness (QED) is 0.654. The molecule has 0 N–H and O–H groups in total. The van der Waals surface area contributed by atoms with Crippen LogP contribution in [-0.4, -0.2) is 42.0 Å². The average Bonchev–Trinajstić information content (AvgIpc) is 2.73. The Hall–Kier alpha value is -2.93. The van der Waals surface area contributed by atoms with Gasteiger partial charge in [0, 0.05) is 49.7 Å². The van der Waals surface area contributed by atoms with Gasteiger partial charge in [-0.3, -0.25) is 4.79 Å². The van der Waals surface area contributed by atoms with Crippen molar-refractivity contribution in [2.75, 3.05) is 31.1 Å². The number of anilines is 1. The molecule has 29 heavy (non-hydrogen) atoms. The molecule has 4 rings (SSSR count). The van der Waals surface area contributed by atoms with E-state index in [-0.39, 0.29) is 30.3 Å². The second kappa shape index (κ2) is 8.21. The van der Waals surface area contributed by atoms with E-state index in [2.05, 4.69) is 9.88 Å². The van der Waals surface area contributed by atoms with Crippen LogP contribution in [0.15, 0.2) is 51.7 Å². The van der Waals surface area contributed by atoms with Crippen molar-refractivity contribution in [1.29, 1.82) is 0 Å². The molecular formula is C21H19ClFN3O3. The van der Waals surface area contributed by atoms with Crippen molar-refractivity contribution in [3.63, 3.8) is 0 Å². The van der Waals surface area contributed by atoms with Crippen LogP contribution in [0.25, 0.3) is 11.1 Å². The van der Waals surface area contributed by atoms with Gasteiger partial charge >= 0.3 is 5.63 Å². The van der Waals surface area contributed by atoms with Gasteiger partial charge < -0.3 is 14.2 Å². The molecule has 0 atom stereocenters. The van der Waals surface area contributed by atoms with Gasteiger partial charge in [-0.2, -0.15) is 0 Å². The van der Waals surface area contributed by atoms with Crippen LogP contribution in [-0.2, 0) is 11.2 Å². The predicted molar refractivity (Wildman–Crippen MR) is 109 cm³/mol. The molecule has 8 heteroatoms. The summed E-state index contributed by atoms with van der Waals surface area (Å²) >= 11 is 5.96. The zero-order valence-corrected chi connectivity index (χ0v) is 16.4. The van der Waals surface area contributed by atoms with Gasteiger partial charge in [-0.15, -0.1) is 0 Å². The number of piperazine rings is 1. The van der Waals surface area contributed by atoms with Gasteiger partial charge in [0.1, 0.15) is 17.0 Å². The molecule has 0 aliphatic carbocycles. The highest BCUT2D eigenvalue weighted by molar-refractivity contribution is 6.31. The van der Waals surface area contributed by atoms with E-state index in [1.165, 1.54) is 12.1 Å². The summed E-state index contributed by atoms with van der Waals surface area (Å²) in [5.74, 6) is -0.298. The Morgan fingerprint density at radius 3 is 2.55 bits per heavy atom. The molecule has 0 spiro atoms. The standard InChI is InChI=1S/C21H19ClFN3O3/c22-14-1-7-19-18(13-14)24-17(21(28)29-19)6-8-20(27)26-11-9-25(10-12-26)16-4-2-15(23)3-5-16/h1-5,7,13H,6,8-12H2. The van der Waals surface area contributed by atoms with Crippen molar-refractivity contribution in [3.8, 4) is 0 Å². The van der Waals surface area contributed by atoms with Gasteiger partial charge in [0.2, 0.25) is 5.91 Å². The molecule has 1 saturated heterocycles. The van der Waals surface area contributed by atoms with Crippen molar-refractivity contribution >= 4 is 34.3 Å². The number of aromatic nitrogens is 1. The van der Waals surface area contributed by atoms with Crippen molar-refractivity contribution in [1.82, 2.24) is 9.88 Å². The Labute approximate surface area is 171 Å². The van der Waals surface area contributed by atoms with Crippen molar-refractivity contribution in [2.45, 2.75) is 12.8 Å². The molecule has 2 heterocycles. The molecule has 1 aromatic heterocycles. The monoisotopic (exact) mass is 415 g/mol. The highest BCUT2D eigenvalue weighted by Crippen LogP contribution is 2.18. The first-order chi connectivity index (χ1) is 14.0. The number of halogens is 2. The van der Waals surface area contributed by atoms with Gasteiger partial charge in [0.25, 0.3) is 0 Å². The fraction of sp³-hybridized carbons (Fsp3) is 0.286. The lowest BCUT2D eigenvalue weighted by Crippen LogP contribution is -2.48. The summed E-state index contributed by atoms with van der Waals surface area (Å²) in [6, 6.07) is 11.2. The fourth-order valence-electron chi connectivity index (χ4n) is 3.42. The molecule has 0 saturated carbocycles. The molecule has 0 bridgehead atoms. The van der Waals surface area contributed by atoms with Crippen LogP contribution in [0.5, 0.6) is 0 Å². The van der Waals surface area contributed by atoms with E-state index in [9.17, 15) is 14.0 Å². The lowest BCUT2D eigenvalue weighted by molar-refractivity contribution is -0.131. The zero-order chi connectivity index (χ0) is 20.4. The summed E-state index contributed by atoms with van der Waals surface area (Å²) in [6.07, 6.45) is 0.391. The first-order valence-electron chi connectivity index (χ1n) is 9.37. The average molecular weight is 416 g/mol. The van der Waals surface area contributed by atoms with E-state index in [4.69, 9.17) is 16.0 Å². The van der Waals surface area contributed by atoms with E-state index in [1.54, 1.807) is 35.2 Å². The van der Waals surface area contributed by atoms with E-state index >= 15 is 0 Å². The first kappa shape index (κ1) is 19.4. The third-order valence-corrected chi connectivity index (χ3v) is 5.25. The minimum absolute atomic E-state index is 0.0313. The number of carbonyl (C=O) groups is 1. The highest BCUT2D eigenvalue weighted by atomic mass is 35.5. The minimum atomic E-state index is -0.534. The van der Waals surface area contributed by atoms with Crippen LogP contribution in [0, 0.1) is 5.82 Å². The first-order valence-corrected chi connectivity index (χ1v) is 9.75. The normalized spacial score (nSPS) is 14.4. The number of rotatable bonds is 4. The number of fused-ring (bicyclic) bond motifs is 1. The third kappa shape index (κ3) is 4.40. The Morgan fingerprint density at radius 1 is 1.10 bits per heavy atom. The lowest BCUT2D eigenvalue weighted by Gasteiger charge is -2.36. The summed E-state index contributed by atoms with van der Waals surface area (Å²) in [4.78, 5) is 32.9. The molecule has 1 aliphatic rings. The fourth-order valence-corrected chi connectivity index (χ4v) is 3.59. The van der Waals surface area contributed by atoms with Gasteiger partial charge in [-0.05, 0) is 42.5 Å². The number of nitrogens with zero attached hydrogens (tertiary/aromatic N) is 3. The molecule has 1 amide bonds. The zero-order valence-electron chi connectivity index (χ0n) is 15.6. The number of amides is 1. The number of benzene rings is 2. The molecule has 0 radical (unpaired) electrons. The van der Waals surface area contributed by atoms with Crippen molar-refractivity contribution in [3.05, 3.63) is 69.4 Å². The summed E-state index contributed by atoms with van der Waals surface area (Å²) in [5, 5.41) is 0.500. The van der Waals surface area contributed by atoms with Gasteiger partial charge in [0.05, 0.1) is 0 Å². The van der Waals surface area contributed by atoms with Crippen LogP contribution in [0.1, 0.15) is 12.1 Å². The lowest BCUT2D eigenvalue weighted by atomic mass is 10.2. The third-order valence-electron chi connectivity index (χ3n) is 5.01. The maximum Gasteiger partial charge on any atom is 0.358 e. The molecule has 6 nitrogen and oxygen atoms in total. The van der Waals surface area contributed by atoms with Crippen LogP contribution in [0.2, 0.25) is 5.02 Å². The molecule has 2 aromatic carbocycles. The summed E-state index contributed by atoms with van der Waals surface area (Å²) in [5.41, 5.74) is 1.49. The smallest absolute Gasteiger partial charge is 0.358 e. The molecule has 0 unspecified atom stereocenters. The molecule has 3 aromatic rings. The summed E-state index contributed by atoms with van der Waals surface area (Å²) in [7, 11) is 0. The SMILES string of the molecule is O=C(CCc1nc2cc(Cl)ccc2oc1=O)N1CCN(c2ccc(F)cc2)CC1. The van der Waals surface area contributed by atoms with Crippen molar-refractivity contribution < 1.29 is 13.6 Å². The van der Waals surface area contributed by atoms with E-state index < -0.39 is 5.63 Å². The highest BCUT2D eigenvalue weighted by Gasteiger charge is 2.22. The Morgan fingerprint density at radius 2 is 1.83 bits per heavy atom. The van der Waals surface area contributed by atoms with Crippen LogP contribution in [0.4, 0.5) is 10.1 Å². The summed E-state index contributed by atoms with van der Waals surface area (Å²) < 4.78 is 18.3. The Bertz CT molecular complexity index is 1090. The van der Waals surface area contributed by atoms with E-state index in [0.717, 1.165) is 5.69 Å². The Balaban J connectivity index is 1.36. The maximum atomic E-state index is 13.1. The van der Waals surface area contributed by atoms with Gasteiger partial charge in [0.15, 0.2) is 5.58 Å². The second-order valence-corrected chi connectivity index (χ2v) is 7.34. The molecule has 1 aliphatic heterocycles. The minimum Gasteiger partial charge on any atom is -0.420 e. The van der Waals surface area contributed by atoms with Crippen LogP contribution in [0.3, 0.4) is 0 Å². The Kier molecular flexibility index (Phi) is 5.49. The largest absolute Gasteiger partial charge is 0.420 e. The number of hydrogen-bond donors (Lipinski definition) is 0. The van der Waals surface area contributed by atoms with E-state index in [0.29, 0.717) is 42.3 Å². The molecule has 1 fully saturated rings. The van der Waals surface area contributed by atoms with Crippen LogP contribution < -0.4 is 10.5 Å². The number of aryl methyl sites for hydroxylation is 1. The molecular weight excluding hydrogens is 397 g/mol. The van der Waals surface area contributed by atoms with Gasteiger partial charge in [-0.1, -0.05) is 11.6 Å². The van der Waals surface area contributed by atoms with E-state index in [1.807, 2.05) is 0 Å². The number of hydrogen-bond acceptors (Lipinski definition) is 5. The second-order valence-electron chi connectivity index (χ2n) is 6.90. The van der Waals surface area contributed by atoms with Gasteiger partial charge in [-0.25, -0.2) is 14.2 Å². The van der Waals surface area contributed by atoms with Crippen molar-refractivity contribution in [2.24, 2.45) is 0 Å². The topological polar surface area (TPSA) is 66.7 Å². The number of carbonyl (C=O) groups excluding carboxylic acids is 1. The predicted octanol–water partition coefficient (Wildman–Crippen LogP) is 3.26.